The van der Waals surface area contributed by atoms with Crippen LogP contribution >= 0.6 is 0 Å². The fourth-order valence-electron chi connectivity index (χ4n) is 2.57. The van der Waals surface area contributed by atoms with E-state index in [0.717, 1.165) is 0 Å². The van der Waals surface area contributed by atoms with E-state index in [1.165, 1.54) is 30.2 Å². The Morgan fingerprint density at radius 2 is 1.73 bits per heavy atom. The van der Waals surface area contributed by atoms with E-state index in [9.17, 15) is 22.8 Å². The maximum atomic E-state index is 12.5. The fraction of sp³-hybridized carbons (Fsp3) is 0.300. The average Bonchev–Trinajstić information content (AvgIpc) is 2.66. The van der Waals surface area contributed by atoms with E-state index in [4.69, 9.17) is 4.74 Å². The highest BCUT2D eigenvalue weighted by Crippen LogP contribution is 2.26. The minimum atomic E-state index is -4.82. The normalized spacial score (nSPS) is 11.1. The zero-order valence-electron chi connectivity index (χ0n) is 16.5. The molecule has 0 fully saturated rings. The average molecular weight is 425 g/mol. The number of alkyl halides is 3. The predicted octanol–water partition coefficient (Wildman–Crippen LogP) is 2.78. The van der Waals surface area contributed by atoms with E-state index in [-0.39, 0.29) is 36.9 Å². The molecule has 0 aliphatic heterocycles. The number of anilines is 1. The van der Waals surface area contributed by atoms with Gasteiger partial charge in [-0.3, -0.25) is 14.5 Å². The first-order valence-corrected chi connectivity index (χ1v) is 8.89. The molecule has 2 aromatic carbocycles. The number of hydrogen-bond acceptors (Lipinski definition) is 5. The summed E-state index contributed by atoms with van der Waals surface area (Å²) in [4.78, 5) is 25.7. The van der Waals surface area contributed by atoms with Gasteiger partial charge in [0.05, 0.1) is 20.2 Å². The maximum absolute atomic E-state index is 12.5. The van der Waals surface area contributed by atoms with Crippen LogP contribution in [0.2, 0.25) is 0 Å². The molecule has 7 nitrogen and oxygen atoms in total. The van der Waals surface area contributed by atoms with Gasteiger partial charge in [0.15, 0.2) is 0 Å². The summed E-state index contributed by atoms with van der Waals surface area (Å²) in [6, 6.07) is 12.4. The molecule has 10 heteroatoms. The van der Waals surface area contributed by atoms with Crippen molar-refractivity contribution in [3.05, 3.63) is 54.1 Å². The first kappa shape index (κ1) is 23.0. The molecule has 0 spiro atoms. The minimum Gasteiger partial charge on any atom is -0.497 e. The Balaban J connectivity index is 1.81. The van der Waals surface area contributed by atoms with Crippen molar-refractivity contribution in [1.82, 2.24) is 10.2 Å². The number of para-hydroxylation sites is 1. The zero-order chi connectivity index (χ0) is 22.1. The summed E-state index contributed by atoms with van der Waals surface area (Å²) in [5, 5.41) is 5.21. The van der Waals surface area contributed by atoms with Crippen molar-refractivity contribution in [2.75, 3.05) is 32.6 Å². The topological polar surface area (TPSA) is 79.9 Å². The number of hydrogen-bond donors (Lipinski definition) is 2. The van der Waals surface area contributed by atoms with E-state index >= 15 is 0 Å². The highest BCUT2D eigenvalue weighted by Gasteiger charge is 2.32. The van der Waals surface area contributed by atoms with Crippen LogP contribution in [0.4, 0.5) is 18.9 Å². The van der Waals surface area contributed by atoms with Crippen LogP contribution in [0.5, 0.6) is 11.5 Å². The molecule has 0 bridgehead atoms. The van der Waals surface area contributed by atoms with E-state index in [1.807, 2.05) is 0 Å². The molecule has 162 valence electrons. The molecule has 2 rings (SSSR count). The lowest BCUT2D eigenvalue weighted by Gasteiger charge is -2.17. The smallest absolute Gasteiger partial charge is 0.497 e. The van der Waals surface area contributed by atoms with Gasteiger partial charge in [-0.15, -0.1) is 13.2 Å². The van der Waals surface area contributed by atoms with Crippen LogP contribution in [0.25, 0.3) is 0 Å². The number of nitrogens with zero attached hydrogens (tertiary/aromatic N) is 1. The van der Waals surface area contributed by atoms with E-state index in [2.05, 4.69) is 15.4 Å². The number of nitrogens with one attached hydrogen (secondary N) is 2. The Bertz CT molecular complexity index is 874. The minimum absolute atomic E-state index is 0.0571. The lowest BCUT2D eigenvalue weighted by molar-refractivity contribution is -0.274. The van der Waals surface area contributed by atoms with Crippen molar-refractivity contribution in [1.29, 1.82) is 0 Å². The molecule has 0 atom stereocenters. The highest BCUT2D eigenvalue weighted by molar-refractivity contribution is 5.92. The molecular formula is C20H22F3N3O4. The summed E-state index contributed by atoms with van der Waals surface area (Å²) >= 11 is 0. The summed E-state index contributed by atoms with van der Waals surface area (Å²) in [7, 11) is 3.09. The van der Waals surface area contributed by atoms with Crippen molar-refractivity contribution in [3.63, 3.8) is 0 Å². The molecule has 2 N–H and O–H groups in total. The molecule has 0 radical (unpaired) electrons. The Kier molecular flexibility index (Phi) is 8.05. The summed E-state index contributed by atoms with van der Waals surface area (Å²) < 4.78 is 46.4. The fourth-order valence-corrected chi connectivity index (χ4v) is 2.57. The van der Waals surface area contributed by atoms with Crippen molar-refractivity contribution < 1.29 is 32.2 Å². The van der Waals surface area contributed by atoms with Gasteiger partial charge in [0.25, 0.3) is 0 Å². The summed E-state index contributed by atoms with van der Waals surface area (Å²) in [6.45, 7) is -0.318. The number of halogens is 3. The van der Waals surface area contributed by atoms with Gasteiger partial charge >= 0.3 is 6.36 Å². The quantitative estimate of drug-likeness (QED) is 0.646. The van der Waals surface area contributed by atoms with Crippen molar-refractivity contribution in [2.24, 2.45) is 0 Å². The second-order valence-electron chi connectivity index (χ2n) is 6.38. The SMILES string of the molecule is COc1cccc(NC(=O)CN(C)CC(=O)NCc2ccccc2OC(F)(F)F)c1. The first-order valence-electron chi connectivity index (χ1n) is 8.89. The Labute approximate surface area is 171 Å². The lowest BCUT2D eigenvalue weighted by Crippen LogP contribution is -2.38. The first-order chi connectivity index (χ1) is 14.2. The number of carbonyl (C=O) groups is 2. The number of ether oxygens (including phenoxy) is 2. The van der Waals surface area contributed by atoms with E-state index in [0.29, 0.717) is 11.4 Å². The second-order valence-corrected chi connectivity index (χ2v) is 6.38. The lowest BCUT2D eigenvalue weighted by atomic mass is 10.2. The van der Waals surface area contributed by atoms with Gasteiger partial charge in [-0.05, 0) is 25.2 Å². The Hall–Kier alpha value is -3.27. The number of amides is 2. The molecule has 0 aliphatic carbocycles. The molecule has 0 saturated heterocycles. The van der Waals surface area contributed by atoms with Crippen LogP contribution in [-0.2, 0) is 16.1 Å². The third kappa shape index (κ3) is 8.00. The zero-order valence-corrected chi connectivity index (χ0v) is 16.5. The van der Waals surface area contributed by atoms with Crippen LogP contribution in [0.1, 0.15) is 5.56 Å². The van der Waals surface area contributed by atoms with Gasteiger partial charge in [-0.25, -0.2) is 0 Å². The van der Waals surface area contributed by atoms with Crippen LogP contribution in [0, 0.1) is 0 Å². The van der Waals surface area contributed by atoms with Crippen LogP contribution < -0.4 is 20.1 Å². The molecule has 30 heavy (non-hydrogen) atoms. The molecule has 0 aliphatic rings. The monoisotopic (exact) mass is 425 g/mol. The van der Waals surface area contributed by atoms with Gasteiger partial charge in [0.2, 0.25) is 11.8 Å². The van der Waals surface area contributed by atoms with Crippen LogP contribution in [0.3, 0.4) is 0 Å². The summed E-state index contributed by atoms with van der Waals surface area (Å²) in [5.74, 6) is -0.567. The van der Waals surface area contributed by atoms with Crippen molar-refractivity contribution >= 4 is 17.5 Å². The number of benzene rings is 2. The van der Waals surface area contributed by atoms with Gasteiger partial charge in [0, 0.05) is 23.9 Å². The van der Waals surface area contributed by atoms with E-state index in [1.54, 1.807) is 37.4 Å². The number of methoxy groups -OCH3 is 1. The van der Waals surface area contributed by atoms with Gasteiger partial charge in [0.1, 0.15) is 11.5 Å². The maximum Gasteiger partial charge on any atom is 0.573 e. The number of rotatable bonds is 9. The molecule has 0 aromatic heterocycles. The standard InChI is InChI=1S/C20H22F3N3O4/c1-26(13-19(28)25-15-7-5-8-16(10-15)29-2)12-18(27)24-11-14-6-3-4-9-17(14)30-20(21,22)23/h3-10H,11-13H2,1-2H3,(H,24,27)(H,25,28). The van der Waals surface area contributed by atoms with Gasteiger partial charge in [-0.2, -0.15) is 0 Å². The molecular weight excluding hydrogens is 403 g/mol. The number of carbonyl (C=O) groups excluding carboxylic acids is 2. The number of likely N-dealkylation sites (N-methyl/N-ethyl adjacent to an activating group) is 1. The summed E-state index contributed by atoms with van der Waals surface area (Å²) in [5.41, 5.74) is 0.736. The third-order valence-corrected chi connectivity index (χ3v) is 3.85. The summed E-state index contributed by atoms with van der Waals surface area (Å²) in [6.07, 6.45) is -4.82. The van der Waals surface area contributed by atoms with E-state index < -0.39 is 12.3 Å². The third-order valence-electron chi connectivity index (χ3n) is 3.85. The van der Waals surface area contributed by atoms with Crippen LogP contribution in [-0.4, -0.2) is 50.3 Å². The Morgan fingerprint density at radius 3 is 2.43 bits per heavy atom. The highest BCUT2D eigenvalue weighted by atomic mass is 19.4. The Morgan fingerprint density at radius 1 is 1.03 bits per heavy atom. The van der Waals surface area contributed by atoms with Crippen molar-refractivity contribution in [2.45, 2.75) is 12.9 Å². The van der Waals surface area contributed by atoms with Gasteiger partial charge < -0.3 is 20.1 Å². The van der Waals surface area contributed by atoms with Crippen molar-refractivity contribution in [3.8, 4) is 11.5 Å². The molecule has 2 amide bonds. The largest absolute Gasteiger partial charge is 0.573 e. The van der Waals surface area contributed by atoms with Gasteiger partial charge in [-0.1, -0.05) is 24.3 Å². The second kappa shape index (κ2) is 10.5. The predicted molar refractivity (Wildman–Crippen MR) is 104 cm³/mol. The molecule has 2 aromatic rings. The van der Waals surface area contributed by atoms with Crippen LogP contribution in [0.15, 0.2) is 48.5 Å². The molecule has 0 saturated carbocycles. The molecule has 0 unspecified atom stereocenters. The molecule has 0 heterocycles.